The molecule has 2 aromatic rings. The van der Waals surface area contributed by atoms with Crippen molar-refractivity contribution in [3.63, 3.8) is 0 Å². The van der Waals surface area contributed by atoms with E-state index in [0.29, 0.717) is 12.1 Å². The third-order valence-corrected chi connectivity index (χ3v) is 5.82. The van der Waals surface area contributed by atoms with Gasteiger partial charge in [-0.2, -0.15) is 0 Å². The molecule has 4 nitrogen and oxygen atoms in total. The van der Waals surface area contributed by atoms with Crippen LogP contribution in [-0.4, -0.2) is 40.3 Å². The number of hydrogen-bond acceptors (Lipinski definition) is 5. The number of aromatic nitrogens is 2. The zero-order valence-corrected chi connectivity index (χ0v) is 13.0. The number of anilines is 1. The summed E-state index contributed by atoms with van der Waals surface area (Å²) in [6.45, 7) is 4.84. The first-order chi connectivity index (χ1) is 10.3. The quantitative estimate of drug-likeness (QED) is 0.945. The summed E-state index contributed by atoms with van der Waals surface area (Å²) in [6, 6.07) is 9.35. The van der Waals surface area contributed by atoms with Crippen molar-refractivity contribution in [2.24, 2.45) is 5.92 Å². The van der Waals surface area contributed by atoms with Gasteiger partial charge in [0, 0.05) is 12.1 Å². The van der Waals surface area contributed by atoms with E-state index >= 15 is 0 Å². The molecule has 3 saturated heterocycles. The summed E-state index contributed by atoms with van der Waals surface area (Å²) in [4.78, 5) is 3.76. The zero-order valence-electron chi connectivity index (χ0n) is 12.2. The average Bonchev–Trinajstić information content (AvgIpc) is 3.06. The first kappa shape index (κ1) is 13.2. The van der Waals surface area contributed by atoms with Gasteiger partial charge < -0.3 is 5.32 Å². The largest absolute Gasteiger partial charge is 0.364 e. The van der Waals surface area contributed by atoms with Gasteiger partial charge in [0.05, 0.1) is 4.88 Å². The monoisotopic (exact) mass is 300 g/mol. The molecule has 3 aliphatic rings. The number of piperidine rings is 3. The van der Waals surface area contributed by atoms with Gasteiger partial charge >= 0.3 is 0 Å². The molecule has 0 spiro atoms. The Hall–Kier alpha value is -1.46. The topological polar surface area (TPSA) is 41.1 Å². The lowest BCUT2D eigenvalue weighted by molar-refractivity contribution is 0.0457. The van der Waals surface area contributed by atoms with E-state index in [-0.39, 0.29) is 0 Å². The van der Waals surface area contributed by atoms with E-state index in [4.69, 9.17) is 0 Å². The first-order valence-corrected chi connectivity index (χ1v) is 8.57. The third kappa shape index (κ3) is 2.45. The van der Waals surface area contributed by atoms with Gasteiger partial charge in [-0.15, -0.1) is 21.5 Å². The van der Waals surface area contributed by atoms with Crippen molar-refractivity contribution in [3.05, 3.63) is 29.6 Å². The molecule has 2 aromatic heterocycles. The van der Waals surface area contributed by atoms with E-state index in [1.54, 1.807) is 11.3 Å². The summed E-state index contributed by atoms with van der Waals surface area (Å²) < 4.78 is 0. The Morgan fingerprint density at radius 1 is 1.19 bits per heavy atom. The van der Waals surface area contributed by atoms with Gasteiger partial charge in [0.15, 0.2) is 0 Å². The molecule has 0 saturated carbocycles. The van der Waals surface area contributed by atoms with E-state index in [2.05, 4.69) is 50.9 Å². The minimum absolute atomic E-state index is 0.509. The highest BCUT2D eigenvalue weighted by molar-refractivity contribution is 7.13. The Morgan fingerprint density at radius 3 is 2.67 bits per heavy atom. The first-order valence-electron chi connectivity index (χ1n) is 7.69. The highest BCUT2D eigenvalue weighted by Crippen LogP contribution is 2.33. The van der Waals surface area contributed by atoms with Crippen molar-refractivity contribution in [2.75, 3.05) is 18.4 Å². The zero-order chi connectivity index (χ0) is 14.2. The van der Waals surface area contributed by atoms with Crippen LogP contribution in [0.25, 0.3) is 10.6 Å². The normalized spacial score (nSPS) is 31.3. The van der Waals surface area contributed by atoms with Gasteiger partial charge in [0.2, 0.25) is 0 Å². The molecule has 5 heterocycles. The van der Waals surface area contributed by atoms with Crippen molar-refractivity contribution in [1.29, 1.82) is 0 Å². The second kappa shape index (κ2) is 5.39. The molecule has 110 valence electrons. The smallest absolute Gasteiger partial charge is 0.148 e. The van der Waals surface area contributed by atoms with Crippen molar-refractivity contribution in [1.82, 2.24) is 15.1 Å². The van der Waals surface area contributed by atoms with Crippen molar-refractivity contribution in [2.45, 2.75) is 31.8 Å². The van der Waals surface area contributed by atoms with Crippen LogP contribution >= 0.6 is 11.3 Å². The molecule has 0 radical (unpaired) electrons. The summed E-state index contributed by atoms with van der Waals surface area (Å²) in [7, 11) is 0. The van der Waals surface area contributed by atoms with E-state index in [1.807, 2.05) is 6.07 Å². The number of hydrogen-bond donors (Lipinski definition) is 1. The second-order valence-electron chi connectivity index (χ2n) is 6.07. The summed E-state index contributed by atoms with van der Waals surface area (Å²) in [6.07, 6.45) is 2.62. The molecule has 0 aromatic carbocycles. The molecule has 0 aliphatic carbocycles. The van der Waals surface area contributed by atoms with Crippen LogP contribution in [0, 0.1) is 5.92 Å². The van der Waals surface area contributed by atoms with E-state index < -0.39 is 0 Å². The van der Waals surface area contributed by atoms with Crippen LogP contribution < -0.4 is 5.32 Å². The highest BCUT2D eigenvalue weighted by Gasteiger charge is 2.39. The van der Waals surface area contributed by atoms with Crippen molar-refractivity contribution < 1.29 is 0 Å². The molecule has 3 fully saturated rings. The molecule has 0 amide bonds. The number of rotatable bonds is 3. The fourth-order valence-electron chi connectivity index (χ4n) is 3.68. The molecule has 5 heteroatoms. The van der Waals surface area contributed by atoms with Crippen LogP contribution in [0.4, 0.5) is 5.82 Å². The molecule has 21 heavy (non-hydrogen) atoms. The molecule has 2 bridgehead atoms. The lowest BCUT2D eigenvalue weighted by Gasteiger charge is -2.50. The van der Waals surface area contributed by atoms with Gasteiger partial charge in [-0.05, 0) is 62.4 Å². The van der Waals surface area contributed by atoms with Crippen LogP contribution in [0.5, 0.6) is 0 Å². The second-order valence-corrected chi connectivity index (χ2v) is 7.01. The summed E-state index contributed by atoms with van der Waals surface area (Å²) in [5.41, 5.74) is 0.956. The lowest BCUT2D eigenvalue weighted by Crippen LogP contribution is -2.59. The van der Waals surface area contributed by atoms with Gasteiger partial charge in [-0.25, -0.2) is 0 Å². The number of fused-ring (bicyclic) bond motifs is 3. The predicted molar refractivity (Wildman–Crippen MR) is 86.5 cm³/mol. The standard InChI is InChI=1S/C16H20N4S/c1-11-16(12-6-8-20(11)9-7-12)17-15-5-4-13(18-19-15)14-3-2-10-21-14/h2-5,10-12,16H,6-9H2,1H3,(H,17,19)/t11-,16-/m1/s1. The minimum atomic E-state index is 0.509. The maximum Gasteiger partial charge on any atom is 0.148 e. The Morgan fingerprint density at radius 2 is 2.05 bits per heavy atom. The Kier molecular flexibility index (Phi) is 3.39. The summed E-state index contributed by atoms with van der Waals surface area (Å²) in [5.74, 6) is 1.68. The van der Waals surface area contributed by atoms with Crippen molar-refractivity contribution >= 4 is 17.2 Å². The Bertz CT molecular complexity index is 585. The lowest BCUT2D eigenvalue weighted by atomic mass is 9.79. The maximum absolute atomic E-state index is 4.37. The summed E-state index contributed by atoms with van der Waals surface area (Å²) >= 11 is 1.70. The van der Waals surface area contributed by atoms with Gasteiger partial charge in [-0.3, -0.25) is 4.90 Å². The van der Waals surface area contributed by atoms with Crippen LogP contribution in [0.1, 0.15) is 19.8 Å². The fraction of sp³-hybridized carbons (Fsp3) is 0.500. The molecule has 2 atom stereocenters. The molecular weight excluding hydrogens is 280 g/mol. The highest BCUT2D eigenvalue weighted by atomic mass is 32.1. The SMILES string of the molecule is C[C@@H]1[C@@H](Nc2ccc(-c3cccs3)nn2)C2CCN1CC2. The minimum Gasteiger partial charge on any atom is -0.364 e. The molecule has 5 rings (SSSR count). The average molecular weight is 300 g/mol. The number of nitrogens with zero attached hydrogens (tertiary/aromatic N) is 3. The summed E-state index contributed by atoms with van der Waals surface area (Å²) in [5, 5.41) is 14.4. The Balaban J connectivity index is 1.50. The molecule has 0 unspecified atom stereocenters. The van der Waals surface area contributed by atoms with Crippen LogP contribution in [-0.2, 0) is 0 Å². The van der Waals surface area contributed by atoms with Crippen LogP contribution in [0.3, 0.4) is 0 Å². The Labute approximate surface area is 129 Å². The van der Waals surface area contributed by atoms with Gasteiger partial charge in [0.1, 0.15) is 11.5 Å². The molecular formula is C16H20N4S. The fourth-order valence-corrected chi connectivity index (χ4v) is 4.37. The van der Waals surface area contributed by atoms with E-state index in [0.717, 1.165) is 17.4 Å². The molecule has 1 N–H and O–H groups in total. The third-order valence-electron chi connectivity index (χ3n) is 4.93. The van der Waals surface area contributed by atoms with Crippen LogP contribution in [0.2, 0.25) is 0 Å². The maximum atomic E-state index is 4.37. The van der Waals surface area contributed by atoms with Crippen LogP contribution in [0.15, 0.2) is 29.6 Å². The van der Waals surface area contributed by atoms with Crippen molar-refractivity contribution in [3.8, 4) is 10.6 Å². The van der Waals surface area contributed by atoms with E-state index in [1.165, 1.54) is 30.8 Å². The molecule has 3 aliphatic heterocycles. The number of nitrogens with one attached hydrogen (secondary N) is 1. The predicted octanol–water partition coefficient (Wildman–Crippen LogP) is 3.10. The van der Waals surface area contributed by atoms with E-state index in [9.17, 15) is 0 Å². The number of thiophene rings is 1. The van der Waals surface area contributed by atoms with Gasteiger partial charge in [-0.1, -0.05) is 6.07 Å². The van der Waals surface area contributed by atoms with Gasteiger partial charge in [0.25, 0.3) is 0 Å².